The average Bonchev–Trinajstić information content (AvgIpc) is 3.05. The van der Waals surface area contributed by atoms with Crippen LogP contribution < -0.4 is 15.1 Å². The molecule has 0 saturated carbocycles. The molecule has 1 aromatic heterocycles. The highest BCUT2D eigenvalue weighted by Gasteiger charge is 2.25. The van der Waals surface area contributed by atoms with E-state index >= 15 is 0 Å². The number of halogens is 2. The molecule has 7 heteroatoms. The molecule has 0 radical (unpaired) electrons. The zero-order chi connectivity index (χ0) is 16.9. The molecule has 1 aliphatic heterocycles. The van der Waals surface area contributed by atoms with E-state index in [1.165, 1.54) is 9.78 Å². The monoisotopic (exact) mass is 385 g/mol. The van der Waals surface area contributed by atoms with E-state index in [1.54, 1.807) is 23.1 Å². The second-order valence-corrected chi connectivity index (χ2v) is 7.98. The van der Waals surface area contributed by atoms with Crippen LogP contribution in [-0.2, 0) is 11.3 Å². The van der Waals surface area contributed by atoms with E-state index in [2.05, 4.69) is 22.8 Å². The summed E-state index contributed by atoms with van der Waals surface area (Å²) in [6.45, 7) is 5.80. The minimum absolute atomic E-state index is 0.00377. The van der Waals surface area contributed by atoms with Crippen LogP contribution in [0.4, 0.5) is 5.69 Å². The lowest BCUT2D eigenvalue weighted by molar-refractivity contribution is -1.01. The van der Waals surface area contributed by atoms with Crippen molar-refractivity contribution in [3.05, 3.63) is 50.6 Å². The molecule has 128 valence electrons. The Morgan fingerprint density at radius 2 is 1.88 bits per heavy atom. The molecule has 24 heavy (non-hydrogen) atoms. The third kappa shape index (κ3) is 4.94. The topological polar surface area (TPSA) is 38.0 Å². The maximum Gasteiger partial charge on any atom is 0.279 e. The summed E-state index contributed by atoms with van der Waals surface area (Å²) in [6, 6.07) is 9.40. The molecule has 0 atom stereocenters. The van der Waals surface area contributed by atoms with E-state index in [9.17, 15) is 4.79 Å². The Balaban J connectivity index is 1.44. The first-order chi connectivity index (χ1) is 11.6. The summed E-state index contributed by atoms with van der Waals surface area (Å²) in [6.07, 6.45) is 0. The molecule has 2 heterocycles. The van der Waals surface area contributed by atoms with Gasteiger partial charge in [-0.15, -0.1) is 11.3 Å². The van der Waals surface area contributed by atoms with Gasteiger partial charge < -0.3 is 15.1 Å². The normalized spacial score (nSPS) is 20.8. The van der Waals surface area contributed by atoms with Crippen molar-refractivity contribution in [3.8, 4) is 0 Å². The van der Waals surface area contributed by atoms with E-state index in [4.69, 9.17) is 23.2 Å². The van der Waals surface area contributed by atoms with Crippen LogP contribution in [0.5, 0.6) is 0 Å². The van der Waals surface area contributed by atoms with Crippen molar-refractivity contribution in [1.29, 1.82) is 0 Å². The van der Waals surface area contributed by atoms with Gasteiger partial charge in [-0.1, -0.05) is 29.3 Å². The van der Waals surface area contributed by atoms with Gasteiger partial charge in [0, 0.05) is 5.02 Å². The number of amides is 1. The Morgan fingerprint density at radius 1 is 1.12 bits per heavy atom. The number of piperazine rings is 1. The number of benzene rings is 1. The summed E-state index contributed by atoms with van der Waals surface area (Å²) in [4.78, 5) is 16.6. The van der Waals surface area contributed by atoms with Crippen molar-refractivity contribution in [1.82, 2.24) is 0 Å². The number of rotatable bonds is 5. The van der Waals surface area contributed by atoms with Crippen LogP contribution in [-0.4, -0.2) is 38.6 Å². The molecule has 0 bridgehead atoms. The first-order valence-corrected chi connectivity index (χ1v) is 9.68. The Kier molecular flexibility index (Phi) is 6.14. The van der Waals surface area contributed by atoms with E-state index in [-0.39, 0.29) is 5.91 Å². The summed E-state index contributed by atoms with van der Waals surface area (Å²) < 4.78 is 0. The molecule has 1 fully saturated rings. The number of nitrogens with one attached hydrogen (secondary N) is 3. The third-order valence-corrected chi connectivity index (χ3v) is 5.71. The predicted octanol–water partition coefficient (Wildman–Crippen LogP) is 0.977. The van der Waals surface area contributed by atoms with Crippen LogP contribution >= 0.6 is 34.5 Å². The smallest absolute Gasteiger partial charge is 0.279 e. The highest BCUT2D eigenvalue weighted by Crippen LogP contribution is 2.25. The quantitative estimate of drug-likeness (QED) is 0.704. The number of thiophene rings is 1. The minimum Gasteiger partial charge on any atom is -0.321 e. The molecule has 3 rings (SSSR count). The molecule has 0 unspecified atom stereocenters. The van der Waals surface area contributed by atoms with E-state index in [0.717, 1.165) is 32.7 Å². The van der Waals surface area contributed by atoms with Gasteiger partial charge in [-0.2, -0.15) is 0 Å². The van der Waals surface area contributed by atoms with Crippen molar-refractivity contribution in [2.75, 3.05) is 38.0 Å². The second-order valence-electron chi connectivity index (χ2n) is 6.11. The zero-order valence-electron chi connectivity index (χ0n) is 13.3. The number of hydrogen-bond donors (Lipinski definition) is 3. The van der Waals surface area contributed by atoms with E-state index in [0.29, 0.717) is 22.3 Å². The highest BCUT2D eigenvalue weighted by atomic mass is 35.5. The van der Waals surface area contributed by atoms with Crippen LogP contribution in [0.2, 0.25) is 10.0 Å². The van der Waals surface area contributed by atoms with Gasteiger partial charge in [-0.05, 0) is 29.6 Å². The van der Waals surface area contributed by atoms with Gasteiger partial charge in [0.15, 0.2) is 6.54 Å². The van der Waals surface area contributed by atoms with E-state index in [1.807, 2.05) is 11.3 Å². The van der Waals surface area contributed by atoms with Crippen LogP contribution in [0.25, 0.3) is 0 Å². The number of anilines is 1. The molecule has 2 aromatic rings. The van der Waals surface area contributed by atoms with Crippen LogP contribution in [0, 0.1) is 0 Å². The van der Waals surface area contributed by atoms with Crippen molar-refractivity contribution >= 4 is 46.1 Å². The molecule has 1 amide bonds. The summed E-state index contributed by atoms with van der Waals surface area (Å²) in [5, 5.41) is 6.04. The lowest BCUT2D eigenvalue weighted by Gasteiger charge is -2.29. The molecule has 1 saturated heterocycles. The fraction of sp³-hybridized carbons (Fsp3) is 0.353. The van der Waals surface area contributed by atoms with E-state index < -0.39 is 0 Å². The zero-order valence-corrected chi connectivity index (χ0v) is 15.6. The standard InChI is InChI=1S/C17H19Cl2N3OS/c18-13-3-4-16(15(19)10-13)20-17(23)12-22-7-5-21(6-8-22)11-14-2-1-9-24-14/h1-4,9-10H,5-8,11-12H2,(H,20,23)/p+2. The fourth-order valence-electron chi connectivity index (χ4n) is 2.98. The Labute approximate surface area is 156 Å². The largest absolute Gasteiger partial charge is 0.321 e. The van der Waals surface area contributed by atoms with Crippen LogP contribution in [0.3, 0.4) is 0 Å². The molecule has 0 aliphatic carbocycles. The number of hydrogen-bond acceptors (Lipinski definition) is 2. The third-order valence-electron chi connectivity index (χ3n) is 4.28. The van der Waals surface area contributed by atoms with Crippen molar-refractivity contribution in [2.24, 2.45) is 0 Å². The fourth-order valence-corrected chi connectivity index (χ4v) is 4.21. The molecule has 4 nitrogen and oxygen atoms in total. The first kappa shape index (κ1) is 17.7. The maximum atomic E-state index is 12.2. The van der Waals surface area contributed by atoms with Crippen LogP contribution in [0.15, 0.2) is 35.7 Å². The van der Waals surface area contributed by atoms with Crippen LogP contribution in [0.1, 0.15) is 4.88 Å². The van der Waals surface area contributed by atoms with Gasteiger partial charge in [0.2, 0.25) is 0 Å². The molecule has 1 aromatic carbocycles. The maximum absolute atomic E-state index is 12.2. The average molecular weight is 386 g/mol. The minimum atomic E-state index is -0.00377. The Morgan fingerprint density at radius 3 is 2.54 bits per heavy atom. The Bertz CT molecular complexity index is 685. The summed E-state index contributed by atoms with van der Waals surface area (Å²) >= 11 is 13.8. The molecular weight excluding hydrogens is 365 g/mol. The van der Waals surface area contributed by atoms with Gasteiger partial charge in [-0.25, -0.2) is 0 Å². The van der Waals surface area contributed by atoms with Gasteiger partial charge in [0.1, 0.15) is 32.7 Å². The highest BCUT2D eigenvalue weighted by molar-refractivity contribution is 7.09. The Hall–Kier alpha value is -1.11. The molecule has 0 spiro atoms. The predicted molar refractivity (Wildman–Crippen MR) is 99.4 cm³/mol. The summed E-state index contributed by atoms with van der Waals surface area (Å²) in [5.41, 5.74) is 0.618. The number of quaternary nitrogens is 2. The second kappa shape index (κ2) is 8.32. The van der Waals surface area contributed by atoms with Crippen molar-refractivity contribution in [3.63, 3.8) is 0 Å². The lowest BCUT2D eigenvalue weighted by atomic mass is 10.3. The summed E-state index contributed by atoms with van der Waals surface area (Å²) in [5.74, 6) is -0.00377. The SMILES string of the molecule is O=C(C[NH+]1CC[NH+](Cc2cccs2)CC1)Nc1ccc(Cl)cc1Cl. The molecule has 1 aliphatic rings. The molecule has 3 N–H and O–H groups in total. The number of carbonyl (C=O) groups is 1. The van der Waals surface area contributed by atoms with Crippen molar-refractivity contribution in [2.45, 2.75) is 6.54 Å². The number of carbonyl (C=O) groups excluding carboxylic acids is 1. The van der Waals surface area contributed by atoms with Crippen molar-refractivity contribution < 1.29 is 14.6 Å². The van der Waals surface area contributed by atoms with Gasteiger partial charge in [0.25, 0.3) is 5.91 Å². The van der Waals surface area contributed by atoms with Gasteiger partial charge in [-0.3, -0.25) is 4.79 Å². The van der Waals surface area contributed by atoms with Gasteiger partial charge >= 0.3 is 0 Å². The lowest BCUT2D eigenvalue weighted by Crippen LogP contribution is -3.28. The molecular formula is C17H21Cl2N3OS+2. The summed E-state index contributed by atoms with van der Waals surface area (Å²) in [7, 11) is 0. The van der Waals surface area contributed by atoms with Gasteiger partial charge in [0.05, 0.1) is 15.6 Å². The first-order valence-electron chi connectivity index (χ1n) is 8.04.